The lowest BCUT2D eigenvalue weighted by atomic mass is 9.95. The number of aromatic amines is 1. The molecule has 156 valence electrons. The monoisotopic (exact) mass is 404 g/mol. The topological polar surface area (TPSA) is 78.1 Å². The Labute approximate surface area is 176 Å². The van der Waals surface area contributed by atoms with E-state index in [0.717, 1.165) is 36.7 Å². The van der Waals surface area contributed by atoms with Crippen molar-refractivity contribution < 1.29 is 4.79 Å². The van der Waals surface area contributed by atoms with Crippen molar-refractivity contribution in [3.8, 4) is 0 Å². The predicted molar refractivity (Wildman–Crippen MR) is 120 cm³/mol. The van der Waals surface area contributed by atoms with E-state index in [2.05, 4.69) is 34.3 Å². The van der Waals surface area contributed by atoms with Crippen LogP contribution in [0.5, 0.6) is 0 Å². The lowest BCUT2D eigenvalue weighted by molar-refractivity contribution is -0.126. The van der Waals surface area contributed by atoms with Gasteiger partial charge >= 0.3 is 0 Å². The van der Waals surface area contributed by atoms with E-state index in [1.54, 1.807) is 0 Å². The molecule has 1 amide bonds. The summed E-state index contributed by atoms with van der Waals surface area (Å²) in [6, 6.07) is 18.0. The minimum absolute atomic E-state index is 0.0139. The van der Waals surface area contributed by atoms with Gasteiger partial charge in [-0.05, 0) is 50.3 Å². The van der Waals surface area contributed by atoms with Gasteiger partial charge in [-0.15, -0.1) is 0 Å². The fourth-order valence-electron chi connectivity index (χ4n) is 4.05. The molecule has 6 nitrogen and oxygen atoms in total. The van der Waals surface area contributed by atoms with Crippen LogP contribution in [-0.4, -0.2) is 35.0 Å². The quantitative estimate of drug-likeness (QED) is 0.661. The summed E-state index contributed by atoms with van der Waals surface area (Å²) < 4.78 is 0. The van der Waals surface area contributed by atoms with Crippen molar-refractivity contribution in [1.29, 1.82) is 0 Å². The Kier molecular flexibility index (Phi) is 6.12. The van der Waals surface area contributed by atoms with Gasteiger partial charge in [-0.2, -0.15) is 0 Å². The number of piperidine rings is 1. The molecule has 0 bridgehead atoms. The molecular weight excluding hydrogens is 376 g/mol. The number of aryl methyl sites for hydroxylation is 1. The molecule has 2 aromatic carbocycles. The first kappa shape index (κ1) is 20.1. The van der Waals surface area contributed by atoms with Crippen LogP contribution < -0.4 is 15.8 Å². The minimum Gasteiger partial charge on any atom is -0.353 e. The minimum atomic E-state index is -0.175. The highest BCUT2D eigenvalue weighted by Crippen LogP contribution is 2.21. The van der Waals surface area contributed by atoms with E-state index >= 15 is 0 Å². The molecule has 6 heteroatoms. The van der Waals surface area contributed by atoms with Crippen molar-refractivity contribution in [1.82, 2.24) is 15.3 Å². The molecule has 4 rings (SSSR count). The summed E-state index contributed by atoms with van der Waals surface area (Å²) in [5, 5.41) is 3.17. The SMILES string of the molecule is C[C@H](CCc1ccccc1)NC(=O)C1CCN(c2nc3ccccc3[nH]c2=O)CC1. The molecule has 2 heterocycles. The number of fused-ring (bicyclic) bond motifs is 1. The Balaban J connectivity index is 1.30. The van der Waals surface area contributed by atoms with Crippen molar-refractivity contribution in [3.63, 3.8) is 0 Å². The zero-order valence-corrected chi connectivity index (χ0v) is 17.3. The zero-order valence-electron chi connectivity index (χ0n) is 17.3. The Morgan fingerprint density at radius 3 is 2.60 bits per heavy atom. The van der Waals surface area contributed by atoms with Gasteiger partial charge in [0.1, 0.15) is 0 Å². The van der Waals surface area contributed by atoms with Gasteiger partial charge in [0.25, 0.3) is 5.56 Å². The van der Waals surface area contributed by atoms with E-state index in [-0.39, 0.29) is 23.4 Å². The normalized spacial score (nSPS) is 15.8. The third-order valence-electron chi connectivity index (χ3n) is 5.84. The summed E-state index contributed by atoms with van der Waals surface area (Å²) in [5.41, 5.74) is 2.63. The van der Waals surface area contributed by atoms with Crippen molar-refractivity contribution in [2.45, 2.75) is 38.6 Å². The number of para-hydroxylation sites is 2. The molecule has 0 saturated carbocycles. The van der Waals surface area contributed by atoms with Crippen LogP contribution in [0.2, 0.25) is 0 Å². The third kappa shape index (κ3) is 4.70. The molecule has 2 N–H and O–H groups in total. The van der Waals surface area contributed by atoms with Crippen LogP contribution in [0.3, 0.4) is 0 Å². The maximum absolute atomic E-state index is 12.7. The molecule has 0 aliphatic carbocycles. The van der Waals surface area contributed by atoms with Crippen molar-refractivity contribution in [2.24, 2.45) is 5.92 Å². The summed E-state index contributed by atoms with van der Waals surface area (Å²) in [6.07, 6.45) is 3.33. The smallest absolute Gasteiger partial charge is 0.291 e. The number of hydrogen-bond acceptors (Lipinski definition) is 4. The fourth-order valence-corrected chi connectivity index (χ4v) is 4.05. The van der Waals surface area contributed by atoms with Crippen LogP contribution in [-0.2, 0) is 11.2 Å². The number of carbonyl (C=O) groups excluding carboxylic acids is 1. The van der Waals surface area contributed by atoms with E-state index in [1.165, 1.54) is 5.56 Å². The molecule has 1 aliphatic rings. The predicted octanol–water partition coefficient (Wildman–Crippen LogP) is 3.28. The highest BCUT2D eigenvalue weighted by molar-refractivity contribution is 5.79. The van der Waals surface area contributed by atoms with E-state index in [9.17, 15) is 9.59 Å². The van der Waals surface area contributed by atoms with E-state index in [1.807, 2.05) is 47.4 Å². The number of aromatic nitrogens is 2. The molecule has 1 aliphatic heterocycles. The van der Waals surface area contributed by atoms with Crippen molar-refractivity contribution in [3.05, 3.63) is 70.5 Å². The average Bonchev–Trinajstić information content (AvgIpc) is 2.78. The number of H-pyrrole nitrogens is 1. The summed E-state index contributed by atoms with van der Waals surface area (Å²) >= 11 is 0. The molecule has 0 unspecified atom stereocenters. The summed E-state index contributed by atoms with van der Waals surface area (Å²) in [4.78, 5) is 34.6. The van der Waals surface area contributed by atoms with Gasteiger partial charge in [0.2, 0.25) is 5.91 Å². The second-order valence-electron chi connectivity index (χ2n) is 8.10. The Morgan fingerprint density at radius 2 is 1.83 bits per heavy atom. The fraction of sp³-hybridized carbons (Fsp3) is 0.375. The lowest BCUT2D eigenvalue weighted by Crippen LogP contribution is -2.44. The zero-order chi connectivity index (χ0) is 20.9. The molecule has 30 heavy (non-hydrogen) atoms. The van der Waals surface area contributed by atoms with E-state index < -0.39 is 0 Å². The second kappa shape index (κ2) is 9.11. The van der Waals surface area contributed by atoms with Crippen LogP contribution in [0.15, 0.2) is 59.4 Å². The molecule has 3 aromatic rings. The summed E-state index contributed by atoms with van der Waals surface area (Å²) in [5.74, 6) is 0.555. The number of nitrogens with one attached hydrogen (secondary N) is 2. The standard InChI is InChI=1S/C24H28N4O2/c1-17(11-12-18-7-3-2-4-8-18)25-23(29)19-13-15-28(16-14-19)22-24(30)27-21-10-6-5-9-20(21)26-22/h2-10,17,19H,11-16H2,1H3,(H,25,29)(H,27,30)/t17-/m1/s1. The Morgan fingerprint density at radius 1 is 1.13 bits per heavy atom. The second-order valence-corrected chi connectivity index (χ2v) is 8.10. The number of carbonyl (C=O) groups is 1. The first-order valence-corrected chi connectivity index (χ1v) is 10.7. The largest absolute Gasteiger partial charge is 0.353 e. The van der Waals surface area contributed by atoms with E-state index in [4.69, 9.17) is 0 Å². The highest BCUT2D eigenvalue weighted by Gasteiger charge is 2.27. The number of benzene rings is 2. The van der Waals surface area contributed by atoms with Crippen LogP contribution in [0.25, 0.3) is 11.0 Å². The molecule has 1 saturated heterocycles. The Bertz CT molecular complexity index is 1060. The molecule has 1 fully saturated rings. The Hall–Kier alpha value is -3.15. The van der Waals surface area contributed by atoms with Gasteiger partial charge in [-0.1, -0.05) is 42.5 Å². The maximum atomic E-state index is 12.7. The first-order valence-electron chi connectivity index (χ1n) is 10.7. The molecule has 0 radical (unpaired) electrons. The lowest BCUT2D eigenvalue weighted by Gasteiger charge is -2.32. The third-order valence-corrected chi connectivity index (χ3v) is 5.84. The molecule has 1 atom stereocenters. The van der Waals surface area contributed by atoms with E-state index in [0.29, 0.717) is 18.9 Å². The van der Waals surface area contributed by atoms with Crippen LogP contribution in [0.4, 0.5) is 5.82 Å². The van der Waals surface area contributed by atoms with Gasteiger partial charge in [0.15, 0.2) is 5.82 Å². The van der Waals surface area contributed by atoms with Crippen molar-refractivity contribution in [2.75, 3.05) is 18.0 Å². The molecule has 0 spiro atoms. The number of anilines is 1. The van der Waals surface area contributed by atoms with Crippen LogP contribution >= 0.6 is 0 Å². The number of nitrogens with zero attached hydrogens (tertiary/aromatic N) is 2. The molecule has 1 aromatic heterocycles. The van der Waals surface area contributed by atoms with Gasteiger partial charge in [0.05, 0.1) is 11.0 Å². The summed E-state index contributed by atoms with van der Waals surface area (Å²) in [7, 11) is 0. The number of amides is 1. The van der Waals surface area contributed by atoms with Crippen LogP contribution in [0, 0.1) is 5.92 Å². The van der Waals surface area contributed by atoms with Crippen molar-refractivity contribution >= 4 is 22.8 Å². The summed E-state index contributed by atoms with van der Waals surface area (Å²) in [6.45, 7) is 3.38. The number of hydrogen-bond donors (Lipinski definition) is 2. The van der Waals surface area contributed by atoms with Gasteiger partial charge in [-0.3, -0.25) is 9.59 Å². The van der Waals surface area contributed by atoms with Crippen LogP contribution in [0.1, 0.15) is 31.7 Å². The highest BCUT2D eigenvalue weighted by atomic mass is 16.2. The van der Waals surface area contributed by atoms with Gasteiger partial charge in [0, 0.05) is 25.0 Å². The molecular formula is C24H28N4O2. The number of rotatable bonds is 6. The van der Waals surface area contributed by atoms with Gasteiger partial charge in [-0.25, -0.2) is 4.98 Å². The first-order chi connectivity index (χ1) is 14.6. The average molecular weight is 405 g/mol. The van der Waals surface area contributed by atoms with Gasteiger partial charge < -0.3 is 15.2 Å². The maximum Gasteiger partial charge on any atom is 0.291 e.